The Kier molecular flexibility index (Phi) is 12.9. The molecule has 0 saturated heterocycles. The number of benzene rings is 2. The lowest BCUT2D eigenvalue weighted by molar-refractivity contribution is -0.138. The van der Waals surface area contributed by atoms with Gasteiger partial charge in [-0.2, -0.15) is 18.4 Å². The number of thiocarbonyl (C=S) groups is 1. The van der Waals surface area contributed by atoms with Crippen molar-refractivity contribution in [1.82, 2.24) is 19.8 Å². The summed E-state index contributed by atoms with van der Waals surface area (Å²) in [7, 11) is 0. The van der Waals surface area contributed by atoms with E-state index in [1.165, 1.54) is 17.0 Å². The maximum absolute atomic E-state index is 14.0. The number of alkyl halides is 3. The summed E-state index contributed by atoms with van der Waals surface area (Å²) in [6, 6.07) is 14.7. The van der Waals surface area contributed by atoms with Gasteiger partial charge in [0.25, 0.3) is 0 Å². The molecule has 44 heavy (non-hydrogen) atoms. The van der Waals surface area contributed by atoms with Crippen molar-refractivity contribution in [2.75, 3.05) is 6.54 Å². The van der Waals surface area contributed by atoms with E-state index in [1.807, 2.05) is 30.5 Å². The highest BCUT2D eigenvalue weighted by molar-refractivity contribution is 7.80. The maximum Gasteiger partial charge on any atom is 0.416 e. The number of hydrogen-bond acceptors (Lipinski definition) is 5. The lowest BCUT2D eigenvalue weighted by Gasteiger charge is -2.38. The van der Waals surface area contributed by atoms with Crippen LogP contribution in [0, 0.1) is 23.2 Å². The zero-order chi connectivity index (χ0) is 32.3. The van der Waals surface area contributed by atoms with Crippen LogP contribution < -0.4 is 11.1 Å². The Morgan fingerprint density at radius 2 is 1.86 bits per heavy atom. The highest BCUT2D eigenvalue weighted by Gasteiger charge is 2.38. The molecule has 0 amide bonds. The summed E-state index contributed by atoms with van der Waals surface area (Å²) >= 11 is 5.70. The number of nitrogens with zero attached hydrogens (tertiary/aromatic N) is 4. The smallest absolute Gasteiger partial charge is 0.363 e. The van der Waals surface area contributed by atoms with Gasteiger partial charge >= 0.3 is 6.18 Å². The molecule has 0 saturated carbocycles. The molecular formula is C33H41F3N6OS. The first kappa shape index (κ1) is 34.7. The number of imidazole rings is 1. The first-order valence-corrected chi connectivity index (χ1v) is 15.4. The summed E-state index contributed by atoms with van der Waals surface area (Å²) in [5.41, 5.74) is 8.30. The van der Waals surface area contributed by atoms with Gasteiger partial charge in [0.15, 0.2) is 5.11 Å². The molecule has 3 aromatic rings. The number of nitrogens with one attached hydrogen (secondary N) is 1. The van der Waals surface area contributed by atoms with Crippen molar-refractivity contribution in [1.29, 1.82) is 5.26 Å². The van der Waals surface area contributed by atoms with Crippen LogP contribution >= 0.6 is 12.2 Å². The van der Waals surface area contributed by atoms with Gasteiger partial charge in [0.1, 0.15) is 5.78 Å². The second kappa shape index (κ2) is 16.4. The van der Waals surface area contributed by atoms with Crippen LogP contribution in [0.5, 0.6) is 0 Å². The van der Waals surface area contributed by atoms with Crippen LogP contribution in [0.15, 0.2) is 61.1 Å². The van der Waals surface area contributed by atoms with E-state index in [1.54, 1.807) is 30.7 Å². The third-order valence-corrected chi connectivity index (χ3v) is 8.31. The SMILES string of the molecule is CCCCCNC(=S)N(Cc1ccccc1C(F)(F)F)C(N)[C@@H](C(=O)Cc1cncn1Cc1ccc(C#N)cc1)[C@@H](C)CC. The Labute approximate surface area is 263 Å². The first-order chi connectivity index (χ1) is 21.0. The van der Waals surface area contributed by atoms with Crippen LogP contribution in [0.3, 0.4) is 0 Å². The second-order valence-corrected chi connectivity index (χ2v) is 11.5. The van der Waals surface area contributed by atoms with Gasteiger partial charge in [-0.1, -0.05) is 70.4 Å². The van der Waals surface area contributed by atoms with Crippen LogP contribution in [0.1, 0.15) is 74.4 Å². The van der Waals surface area contributed by atoms with Gasteiger partial charge in [0, 0.05) is 37.9 Å². The first-order valence-electron chi connectivity index (χ1n) is 15.0. The van der Waals surface area contributed by atoms with Crippen LogP contribution in [-0.2, 0) is 30.5 Å². The molecule has 236 valence electrons. The fraction of sp³-hybridized carbons (Fsp3) is 0.455. The topological polar surface area (TPSA) is 100.0 Å². The number of halogens is 3. The standard InChI is InChI=1S/C33H41F3N6OS/c1-4-6-9-16-40-32(44)42(21-26-10-7-8-11-28(26)33(34,35)36)31(38)30(23(3)5-2)29(43)17-27-19-39-22-41(27)20-25-14-12-24(18-37)13-15-25/h7-8,10-15,19,22-23,30-31H,4-6,9,16-17,20-21,38H2,1-3H3,(H,40,44)/t23-,30+,31?/m0/s1. The summed E-state index contributed by atoms with van der Waals surface area (Å²) in [6.45, 7) is 6.77. The Morgan fingerprint density at radius 1 is 1.16 bits per heavy atom. The number of hydrogen-bond donors (Lipinski definition) is 2. The molecule has 1 aromatic heterocycles. The van der Waals surface area contributed by atoms with Gasteiger partial charge in [0.05, 0.1) is 35.6 Å². The molecule has 3 rings (SSSR count). The Balaban J connectivity index is 1.90. The van der Waals surface area contributed by atoms with Gasteiger partial charge < -0.3 is 20.5 Å². The minimum absolute atomic E-state index is 0.0315. The predicted octanol–water partition coefficient (Wildman–Crippen LogP) is 6.45. The molecule has 0 aliphatic carbocycles. The number of nitriles is 1. The summed E-state index contributed by atoms with van der Waals surface area (Å²) in [5.74, 6) is -1.03. The number of ketones is 1. The van der Waals surface area contributed by atoms with Gasteiger partial charge in [-0.3, -0.25) is 4.79 Å². The average Bonchev–Trinajstić information content (AvgIpc) is 3.43. The third-order valence-electron chi connectivity index (χ3n) is 7.93. The van der Waals surface area contributed by atoms with Crippen molar-refractivity contribution in [2.45, 2.75) is 78.3 Å². The molecule has 3 atom stereocenters. The van der Waals surface area contributed by atoms with Crippen molar-refractivity contribution in [2.24, 2.45) is 17.6 Å². The molecule has 1 heterocycles. The number of aromatic nitrogens is 2. The minimum atomic E-state index is -4.55. The molecule has 0 radical (unpaired) electrons. The van der Waals surface area contributed by atoms with Crippen LogP contribution in [0.2, 0.25) is 0 Å². The third kappa shape index (κ3) is 9.37. The van der Waals surface area contributed by atoms with E-state index < -0.39 is 23.8 Å². The molecule has 3 N–H and O–H groups in total. The lowest BCUT2D eigenvalue weighted by atomic mass is 9.83. The molecule has 1 unspecified atom stereocenters. The Bertz CT molecular complexity index is 1420. The van der Waals surface area contributed by atoms with Gasteiger partial charge in [-0.15, -0.1) is 0 Å². The molecular weight excluding hydrogens is 585 g/mol. The van der Waals surface area contributed by atoms with Gasteiger partial charge in [-0.05, 0) is 53.9 Å². The van der Waals surface area contributed by atoms with Gasteiger partial charge in [-0.25, -0.2) is 4.98 Å². The summed E-state index contributed by atoms with van der Waals surface area (Å²) in [4.78, 5) is 19.8. The molecule has 0 fully saturated rings. The van der Waals surface area contributed by atoms with Crippen molar-refractivity contribution >= 4 is 23.1 Å². The van der Waals surface area contributed by atoms with E-state index in [-0.39, 0.29) is 35.3 Å². The number of carbonyl (C=O) groups is 1. The van der Waals surface area contributed by atoms with E-state index in [9.17, 15) is 18.0 Å². The monoisotopic (exact) mass is 626 g/mol. The van der Waals surface area contributed by atoms with Gasteiger partial charge in [0.2, 0.25) is 0 Å². The van der Waals surface area contributed by atoms with E-state index in [0.717, 1.165) is 30.9 Å². The molecule has 0 aliphatic heterocycles. The van der Waals surface area contributed by atoms with E-state index in [0.29, 0.717) is 30.8 Å². The fourth-order valence-electron chi connectivity index (χ4n) is 5.21. The quantitative estimate of drug-likeness (QED) is 0.114. The minimum Gasteiger partial charge on any atom is -0.363 e. The highest BCUT2D eigenvalue weighted by Crippen LogP contribution is 2.33. The summed E-state index contributed by atoms with van der Waals surface area (Å²) in [5, 5.41) is 12.5. The Morgan fingerprint density at radius 3 is 2.50 bits per heavy atom. The summed E-state index contributed by atoms with van der Waals surface area (Å²) in [6.07, 6.45) is 1.26. The Hall–Kier alpha value is -3.75. The van der Waals surface area contributed by atoms with E-state index in [2.05, 4.69) is 23.3 Å². The largest absolute Gasteiger partial charge is 0.416 e. The lowest BCUT2D eigenvalue weighted by Crippen LogP contribution is -2.56. The molecule has 2 aromatic carbocycles. The highest BCUT2D eigenvalue weighted by atomic mass is 32.1. The number of unbranched alkanes of at least 4 members (excludes halogenated alkanes) is 2. The normalized spacial score (nSPS) is 13.5. The zero-order valence-corrected chi connectivity index (χ0v) is 26.3. The fourth-order valence-corrected chi connectivity index (χ4v) is 5.50. The predicted molar refractivity (Wildman–Crippen MR) is 169 cm³/mol. The number of carbonyl (C=O) groups excluding carboxylic acids is 1. The number of rotatable bonds is 15. The van der Waals surface area contributed by atoms with Crippen molar-refractivity contribution in [3.8, 4) is 6.07 Å². The van der Waals surface area contributed by atoms with Crippen molar-refractivity contribution in [3.05, 3.63) is 89.0 Å². The maximum atomic E-state index is 14.0. The molecule has 0 aliphatic rings. The van der Waals surface area contributed by atoms with E-state index in [4.69, 9.17) is 23.2 Å². The van der Waals surface area contributed by atoms with Crippen molar-refractivity contribution < 1.29 is 18.0 Å². The van der Waals surface area contributed by atoms with Crippen LogP contribution in [-0.4, -0.2) is 38.1 Å². The molecule has 7 nitrogen and oxygen atoms in total. The van der Waals surface area contributed by atoms with Crippen LogP contribution in [0.4, 0.5) is 13.2 Å². The zero-order valence-electron chi connectivity index (χ0n) is 25.5. The molecule has 0 bridgehead atoms. The van der Waals surface area contributed by atoms with E-state index >= 15 is 0 Å². The molecule has 0 spiro atoms. The average molecular weight is 627 g/mol. The number of nitrogens with two attached hydrogens (primary N) is 1. The summed E-state index contributed by atoms with van der Waals surface area (Å²) < 4.78 is 43.7. The van der Waals surface area contributed by atoms with Crippen molar-refractivity contribution in [3.63, 3.8) is 0 Å². The number of Topliss-reactive ketones (excluding diaryl/α,β-unsaturated/α-hetero) is 1. The van der Waals surface area contributed by atoms with Crippen LogP contribution in [0.25, 0.3) is 0 Å². The molecule has 11 heteroatoms. The second-order valence-electron chi connectivity index (χ2n) is 11.1.